The summed E-state index contributed by atoms with van der Waals surface area (Å²) in [5, 5.41) is 3.10. The highest BCUT2D eigenvalue weighted by Gasteiger charge is 2.35. The van der Waals surface area contributed by atoms with Gasteiger partial charge in [0.15, 0.2) is 0 Å². The molecule has 218 valence electrons. The van der Waals surface area contributed by atoms with Crippen molar-refractivity contribution >= 4 is 27.5 Å². The van der Waals surface area contributed by atoms with Gasteiger partial charge in [0.1, 0.15) is 18.4 Å². The van der Waals surface area contributed by atoms with Gasteiger partial charge < -0.3 is 10.2 Å². The zero-order chi connectivity index (χ0) is 29.6. The van der Waals surface area contributed by atoms with Crippen LogP contribution in [0.4, 0.5) is 10.1 Å². The van der Waals surface area contributed by atoms with Crippen LogP contribution in [0.1, 0.15) is 55.7 Å². The van der Waals surface area contributed by atoms with E-state index in [1.54, 1.807) is 12.1 Å². The van der Waals surface area contributed by atoms with Crippen LogP contribution in [0.25, 0.3) is 0 Å². The number of nitrogens with one attached hydrogen (secondary N) is 1. The van der Waals surface area contributed by atoms with Crippen molar-refractivity contribution in [3.8, 4) is 0 Å². The van der Waals surface area contributed by atoms with E-state index in [-0.39, 0.29) is 29.1 Å². The van der Waals surface area contributed by atoms with E-state index in [0.29, 0.717) is 6.42 Å². The fourth-order valence-electron chi connectivity index (χ4n) is 5.26. The molecule has 1 saturated carbocycles. The second-order valence-electron chi connectivity index (χ2n) is 10.6. The predicted molar refractivity (Wildman–Crippen MR) is 158 cm³/mol. The van der Waals surface area contributed by atoms with Crippen LogP contribution in [0.3, 0.4) is 0 Å². The van der Waals surface area contributed by atoms with E-state index < -0.39 is 34.3 Å². The van der Waals surface area contributed by atoms with Gasteiger partial charge in [0.25, 0.3) is 10.0 Å². The van der Waals surface area contributed by atoms with Crippen LogP contribution in [0.5, 0.6) is 0 Å². The molecule has 0 bridgehead atoms. The van der Waals surface area contributed by atoms with Crippen LogP contribution >= 0.6 is 0 Å². The second-order valence-corrected chi connectivity index (χ2v) is 12.5. The average Bonchev–Trinajstić information content (AvgIpc) is 3.46. The number of carbonyl (C=O) groups excluding carboxylic acids is 2. The number of amides is 2. The van der Waals surface area contributed by atoms with Gasteiger partial charge in [0, 0.05) is 12.6 Å². The fraction of sp³-hybridized carbons (Fsp3) is 0.375. The van der Waals surface area contributed by atoms with Gasteiger partial charge in [-0.15, -0.1) is 0 Å². The summed E-state index contributed by atoms with van der Waals surface area (Å²) in [5.74, 6) is -1.63. The molecule has 0 aromatic heterocycles. The minimum absolute atomic E-state index is 0.0591. The van der Waals surface area contributed by atoms with E-state index in [0.717, 1.165) is 52.7 Å². The number of para-hydroxylation sites is 1. The highest BCUT2D eigenvalue weighted by atomic mass is 32.2. The molecule has 4 rings (SSSR count). The van der Waals surface area contributed by atoms with Crippen LogP contribution in [-0.4, -0.2) is 43.8 Å². The zero-order valence-corrected chi connectivity index (χ0v) is 24.7. The Morgan fingerprint density at radius 2 is 1.59 bits per heavy atom. The van der Waals surface area contributed by atoms with Gasteiger partial charge >= 0.3 is 0 Å². The molecule has 1 aliphatic rings. The average molecular weight is 580 g/mol. The number of halogens is 1. The quantitative estimate of drug-likeness (QED) is 0.325. The second kappa shape index (κ2) is 13.3. The molecule has 0 saturated heterocycles. The molecule has 0 heterocycles. The van der Waals surface area contributed by atoms with Crippen molar-refractivity contribution in [3.05, 3.63) is 95.3 Å². The maximum absolute atomic E-state index is 15.1. The minimum atomic E-state index is -4.33. The Hall–Kier alpha value is -3.72. The molecule has 41 heavy (non-hydrogen) atoms. The summed E-state index contributed by atoms with van der Waals surface area (Å²) >= 11 is 0. The number of aryl methyl sites for hydroxylation is 2. The predicted octanol–water partition coefficient (Wildman–Crippen LogP) is 5.50. The lowest BCUT2D eigenvalue weighted by Crippen LogP contribution is -2.53. The Morgan fingerprint density at radius 3 is 2.22 bits per heavy atom. The molecule has 7 nitrogen and oxygen atoms in total. The van der Waals surface area contributed by atoms with Gasteiger partial charge in [-0.2, -0.15) is 0 Å². The summed E-state index contributed by atoms with van der Waals surface area (Å²) in [7, 11) is -4.33. The van der Waals surface area contributed by atoms with Crippen molar-refractivity contribution < 1.29 is 22.4 Å². The number of carbonyl (C=O) groups is 2. The molecule has 0 aliphatic heterocycles. The smallest absolute Gasteiger partial charge is 0.264 e. The number of hydrogen-bond donors (Lipinski definition) is 1. The largest absolute Gasteiger partial charge is 0.352 e. The first-order valence-corrected chi connectivity index (χ1v) is 15.5. The van der Waals surface area contributed by atoms with Crippen LogP contribution in [-0.2, 0) is 26.2 Å². The van der Waals surface area contributed by atoms with Gasteiger partial charge in [0.05, 0.1) is 10.6 Å². The summed E-state index contributed by atoms with van der Waals surface area (Å²) in [6.07, 6.45) is 4.21. The topological polar surface area (TPSA) is 86.8 Å². The number of sulfonamides is 1. The maximum Gasteiger partial charge on any atom is 0.264 e. The van der Waals surface area contributed by atoms with Crippen molar-refractivity contribution in [1.29, 1.82) is 0 Å². The molecular formula is C32H38FN3O4S. The molecule has 1 N–H and O–H groups in total. The maximum atomic E-state index is 15.1. The van der Waals surface area contributed by atoms with Crippen molar-refractivity contribution in [3.63, 3.8) is 0 Å². The van der Waals surface area contributed by atoms with Crippen molar-refractivity contribution in [2.75, 3.05) is 10.8 Å². The van der Waals surface area contributed by atoms with Crippen molar-refractivity contribution in [2.24, 2.45) is 0 Å². The SMILES string of the molecule is CCC(C(=O)NC1CCCC1)N(Cc1ccccc1C)C(=O)CN(c1ccccc1F)S(=O)(=O)c1ccc(C)cc1. The lowest BCUT2D eigenvalue weighted by atomic mass is 10.1. The van der Waals surface area contributed by atoms with Crippen LogP contribution in [0, 0.1) is 19.7 Å². The Balaban J connectivity index is 1.73. The molecule has 3 aromatic carbocycles. The Kier molecular flexibility index (Phi) is 9.81. The lowest BCUT2D eigenvalue weighted by Gasteiger charge is -2.34. The Morgan fingerprint density at radius 1 is 0.951 bits per heavy atom. The van der Waals surface area contributed by atoms with Crippen LogP contribution in [0.2, 0.25) is 0 Å². The highest BCUT2D eigenvalue weighted by Crippen LogP contribution is 2.28. The minimum Gasteiger partial charge on any atom is -0.352 e. The Labute approximate surface area is 242 Å². The van der Waals surface area contributed by atoms with Gasteiger partial charge in [-0.3, -0.25) is 13.9 Å². The Bertz CT molecular complexity index is 1470. The number of anilines is 1. The third kappa shape index (κ3) is 7.14. The number of nitrogens with zero attached hydrogens (tertiary/aromatic N) is 2. The van der Waals surface area contributed by atoms with E-state index in [9.17, 15) is 18.0 Å². The highest BCUT2D eigenvalue weighted by molar-refractivity contribution is 7.92. The summed E-state index contributed by atoms with van der Waals surface area (Å²) in [5.41, 5.74) is 2.41. The van der Waals surface area contributed by atoms with E-state index in [1.165, 1.54) is 35.2 Å². The first-order valence-electron chi connectivity index (χ1n) is 14.1. The zero-order valence-electron chi connectivity index (χ0n) is 23.8. The van der Waals surface area contributed by atoms with Crippen molar-refractivity contribution in [1.82, 2.24) is 10.2 Å². The number of rotatable bonds is 11. The number of hydrogen-bond acceptors (Lipinski definition) is 4. The van der Waals surface area contributed by atoms with E-state index in [2.05, 4.69) is 5.32 Å². The van der Waals surface area contributed by atoms with Crippen LogP contribution in [0.15, 0.2) is 77.7 Å². The molecule has 1 aliphatic carbocycles. The van der Waals surface area contributed by atoms with E-state index in [1.807, 2.05) is 45.0 Å². The van der Waals surface area contributed by atoms with E-state index >= 15 is 4.39 Å². The van der Waals surface area contributed by atoms with Crippen molar-refractivity contribution in [2.45, 2.75) is 76.4 Å². The van der Waals surface area contributed by atoms with Gasteiger partial charge in [-0.25, -0.2) is 12.8 Å². The molecule has 9 heteroatoms. The van der Waals surface area contributed by atoms with E-state index in [4.69, 9.17) is 0 Å². The first-order chi connectivity index (χ1) is 19.6. The fourth-order valence-corrected chi connectivity index (χ4v) is 6.68. The molecular weight excluding hydrogens is 541 g/mol. The van der Waals surface area contributed by atoms with Gasteiger partial charge in [0.2, 0.25) is 11.8 Å². The molecule has 0 radical (unpaired) electrons. The summed E-state index contributed by atoms with van der Waals surface area (Å²) < 4.78 is 43.7. The first kappa shape index (κ1) is 30.2. The normalized spacial score (nSPS) is 14.4. The number of benzene rings is 3. The summed E-state index contributed by atoms with van der Waals surface area (Å²) in [4.78, 5) is 29.0. The molecule has 1 fully saturated rings. The van der Waals surface area contributed by atoms with Gasteiger partial charge in [-0.05, 0) is 68.5 Å². The molecule has 1 atom stereocenters. The third-order valence-corrected chi connectivity index (χ3v) is 9.47. The molecule has 1 unspecified atom stereocenters. The standard InChI is InChI=1S/C32H38FN3O4S/c1-4-29(32(38)34-26-13-7-8-14-26)35(21-25-12-6-5-11-24(25)3)31(37)22-36(30-16-10-9-15-28(30)33)41(39,40)27-19-17-23(2)18-20-27/h5-6,9-12,15-20,26,29H,4,7-8,13-14,21-22H2,1-3H3,(H,34,38). The molecule has 3 aromatic rings. The third-order valence-electron chi connectivity index (χ3n) is 7.70. The molecule has 2 amide bonds. The summed E-state index contributed by atoms with van der Waals surface area (Å²) in [6, 6.07) is 18.5. The van der Waals surface area contributed by atoms with Crippen LogP contribution < -0.4 is 9.62 Å². The monoisotopic (exact) mass is 579 g/mol. The molecule has 0 spiro atoms. The van der Waals surface area contributed by atoms with Gasteiger partial charge in [-0.1, -0.05) is 73.9 Å². The summed E-state index contributed by atoms with van der Waals surface area (Å²) in [6.45, 7) is 5.02. The lowest BCUT2D eigenvalue weighted by molar-refractivity contribution is -0.140.